The zero-order chi connectivity index (χ0) is 60.3. The van der Waals surface area contributed by atoms with E-state index >= 15 is 4.79 Å². The van der Waals surface area contributed by atoms with Crippen molar-refractivity contribution in [2.75, 3.05) is 13.1 Å². The van der Waals surface area contributed by atoms with Gasteiger partial charge in [-0.15, -0.1) is 0 Å². The Morgan fingerprint density at radius 3 is 2.19 bits per heavy atom. The number of amides is 10. The van der Waals surface area contributed by atoms with E-state index in [0.717, 1.165) is 29.3 Å². The summed E-state index contributed by atoms with van der Waals surface area (Å²) in [6.07, 6.45) is 2.85. The molecule has 0 bridgehead atoms. The molecule has 1 aliphatic carbocycles. The minimum absolute atomic E-state index is 0.00923. The fourth-order valence-corrected chi connectivity index (χ4v) is 12.5. The Balaban J connectivity index is 0.847. The van der Waals surface area contributed by atoms with E-state index in [4.69, 9.17) is 5.73 Å². The van der Waals surface area contributed by atoms with Gasteiger partial charge in [0.15, 0.2) is 0 Å². The van der Waals surface area contributed by atoms with E-state index in [1.807, 2.05) is 66.7 Å². The van der Waals surface area contributed by atoms with Crippen molar-refractivity contribution in [1.82, 2.24) is 46.3 Å². The highest BCUT2D eigenvalue weighted by molar-refractivity contribution is 7.52. The molecule has 1 aromatic heterocycles. The van der Waals surface area contributed by atoms with Gasteiger partial charge in [-0.3, -0.25) is 48.2 Å². The molecule has 3 saturated heterocycles. The largest absolute Gasteiger partial charge is 0.399 e. The lowest BCUT2D eigenvalue weighted by molar-refractivity contribution is -0.143. The molecule has 2 unspecified atom stereocenters. The van der Waals surface area contributed by atoms with Gasteiger partial charge in [-0.05, 0) is 105 Å². The van der Waals surface area contributed by atoms with Gasteiger partial charge in [-0.1, -0.05) is 84.6 Å². The number of piperidine rings is 1. The topological polar surface area (TPSA) is 323 Å². The number of aromatic amines is 1. The highest BCUT2D eigenvalue weighted by Crippen LogP contribution is 2.59. The molecule has 1 saturated carbocycles. The third-order valence-corrected chi connectivity index (χ3v) is 17.6. The zero-order valence-electron chi connectivity index (χ0n) is 45.9. The van der Waals surface area contributed by atoms with E-state index in [-0.39, 0.29) is 105 Å². The van der Waals surface area contributed by atoms with Crippen LogP contribution in [0.25, 0.3) is 10.9 Å². The monoisotopic (exact) mass is 1180 g/mol. The van der Waals surface area contributed by atoms with E-state index in [1.165, 1.54) is 20.8 Å². The van der Waals surface area contributed by atoms with Gasteiger partial charge in [0.05, 0.1) is 12.6 Å². The fraction of sp³-hybridized carbons (Fsp3) is 0.383. The number of nitrogens with zero attached hydrogens (tertiary/aromatic N) is 3. The lowest BCUT2D eigenvalue weighted by atomic mass is 9.86. The predicted molar refractivity (Wildman–Crippen MR) is 302 cm³/mol. The number of urea groups is 1. The number of carbonyl (C=O) groups is 9. The predicted octanol–water partition coefficient (Wildman–Crippen LogP) is 4.30. The van der Waals surface area contributed by atoms with Crippen LogP contribution in [-0.4, -0.2) is 132 Å². The van der Waals surface area contributed by atoms with Crippen LogP contribution in [0, 0.1) is 17.8 Å². The van der Waals surface area contributed by atoms with Gasteiger partial charge in [-0.25, -0.2) is 4.79 Å². The summed E-state index contributed by atoms with van der Waals surface area (Å²) in [7, 11) is -5.95. The summed E-state index contributed by atoms with van der Waals surface area (Å²) in [5.41, 5.74) is 3.21. The molecule has 25 heteroatoms. The number of alkyl halides is 2. The number of hydrogen-bond donors (Lipinski definition) is 9. The molecule has 5 atom stereocenters. The maximum Gasteiger partial charge on any atom is 0.399 e. The molecule has 0 radical (unpaired) electrons. The number of nitrogens with two attached hydrogens (primary N) is 1. The highest BCUT2D eigenvalue weighted by atomic mass is 31.2. The van der Waals surface area contributed by atoms with E-state index in [9.17, 15) is 61.5 Å². The van der Waals surface area contributed by atoms with Crippen LogP contribution in [0.15, 0.2) is 103 Å². The van der Waals surface area contributed by atoms with Crippen LogP contribution >= 0.6 is 7.60 Å². The third-order valence-electron chi connectivity index (χ3n) is 16.6. The first kappa shape index (κ1) is 59.4. The van der Waals surface area contributed by atoms with E-state index in [0.29, 0.717) is 42.4 Å². The number of aromatic nitrogens is 1. The Hall–Kier alpha value is -8.78. The van der Waals surface area contributed by atoms with E-state index < -0.39 is 96.5 Å². The van der Waals surface area contributed by atoms with Crippen LogP contribution in [0.4, 0.5) is 13.6 Å². The summed E-state index contributed by atoms with van der Waals surface area (Å²) in [5.74, 6) is 1.64. The number of primary amides is 1. The molecule has 4 aromatic carbocycles. The molecular formula is C60H63F2N10O12P. The Morgan fingerprint density at radius 1 is 0.812 bits per heavy atom. The van der Waals surface area contributed by atoms with Crippen molar-refractivity contribution < 1.29 is 66.3 Å². The molecule has 22 nitrogen and oxygen atoms in total. The summed E-state index contributed by atoms with van der Waals surface area (Å²) in [5, 5.41) is 13.9. The fourth-order valence-electron chi connectivity index (χ4n) is 12.0. The summed E-state index contributed by atoms with van der Waals surface area (Å²) < 4.78 is 41.3. The van der Waals surface area contributed by atoms with E-state index in [2.05, 4.69) is 43.4 Å². The van der Waals surface area contributed by atoms with Crippen LogP contribution in [0.2, 0.25) is 0 Å². The maximum absolute atomic E-state index is 15.1. The second-order valence-electron chi connectivity index (χ2n) is 22.2. The number of H-pyrrole nitrogens is 1. The minimum atomic E-state index is -5.95. The number of fused-ring (bicyclic) bond motifs is 3. The maximum atomic E-state index is 15.1. The standard InChI is InChI=1S/C60H63F2N10O12P/c61-60(62,85(82,83)84)39-18-22-44-38(30-39)31-46(65-44)54(76)67-47-33-70(59(81)64-40-19-15-34(16-20-40)14-17-35-12-7-13-42-43(35)32-71(57(42)79)48-25-27-51(74)68-55(48)77)29-28-41-21-24-49(72(41)58(47)80)56(78)66-45(23-26-50(63)73)53(75)69-52(36-8-3-1-4-9-36)37-10-5-2-6-11-37/h1-13,18,22,30-31,34,40-41,45,47-49,52,65H,15-16,19-21,23-29,32-33H2,(H2,63,73)(H,64,81)(H,66,78)(H,67,76)(H,69,75)(H,68,74,77)(H2,82,83,84)/t34?,40?,41-,45?,47+,48?,49+/m1/s1. The van der Waals surface area contributed by atoms with Crippen LogP contribution in [-0.2, 0) is 45.5 Å². The van der Waals surface area contributed by atoms with Gasteiger partial charge >= 0.3 is 19.3 Å². The van der Waals surface area contributed by atoms with Crippen molar-refractivity contribution in [3.8, 4) is 11.8 Å². The summed E-state index contributed by atoms with van der Waals surface area (Å²) in [6.45, 7) is -0.141. The van der Waals surface area contributed by atoms with Crippen LogP contribution in [0.3, 0.4) is 0 Å². The number of imide groups is 1. The van der Waals surface area contributed by atoms with Crippen LogP contribution in [0.5, 0.6) is 0 Å². The van der Waals surface area contributed by atoms with Gasteiger partial charge in [0, 0.05) is 71.5 Å². The summed E-state index contributed by atoms with van der Waals surface area (Å²) >= 11 is 0. The molecule has 4 fully saturated rings. The molecule has 5 heterocycles. The number of benzene rings is 4. The van der Waals surface area contributed by atoms with Crippen molar-refractivity contribution in [1.29, 1.82) is 0 Å². The molecule has 0 spiro atoms. The molecule has 10 amide bonds. The molecular weight excluding hydrogens is 1120 g/mol. The normalized spacial score (nSPS) is 22.1. The molecule has 5 aromatic rings. The molecule has 85 heavy (non-hydrogen) atoms. The van der Waals surface area contributed by atoms with Gasteiger partial charge in [0.1, 0.15) is 29.9 Å². The average molecular weight is 1190 g/mol. The first-order chi connectivity index (χ1) is 40.6. The number of hydrogen-bond acceptors (Lipinski definition) is 10. The van der Waals surface area contributed by atoms with Gasteiger partial charge in [0.25, 0.3) is 11.8 Å². The smallest absolute Gasteiger partial charge is 0.370 e. The molecule has 444 valence electrons. The zero-order valence-corrected chi connectivity index (χ0v) is 46.8. The first-order valence-corrected chi connectivity index (χ1v) is 29.8. The summed E-state index contributed by atoms with van der Waals surface area (Å²) in [6, 6.07) is 20.5. The minimum Gasteiger partial charge on any atom is -0.370 e. The average Bonchev–Trinajstić information content (AvgIpc) is 3.10. The first-order valence-electron chi connectivity index (χ1n) is 28.2. The highest BCUT2D eigenvalue weighted by Gasteiger charge is 2.51. The van der Waals surface area contributed by atoms with Gasteiger partial charge in [0.2, 0.25) is 35.4 Å². The number of halogens is 2. The lowest BCUT2D eigenvalue weighted by Crippen LogP contribution is -2.63. The quantitative estimate of drug-likeness (QED) is 0.0403. The summed E-state index contributed by atoms with van der Waals surface area (Å²) in [4.78, 5) is 148. The van der Waals surface area contributed by atoms with Crippen LogP contribution in [0.1, 0.15) is 125 Å². The van der Waals surface area contributed by atoms with Crippen molar-refractivity contribution in [2.45, 2.75) is 125 Å². The third kappa shape index (κ3) is 13.0. The second kappa shape index (κ2) is 24.8. The van der Waals surface area contributed by atoms with Gasteiger partial charge in [-0.2, -0.15) is 8.78 Å². The second-order valence-corrected chi connectivity index (χ2v) is 23.8. The van der Waals surface area contributed by atoms with E-state index in [1.54, 1.807) is 12.1 Å². The Morgan fingerprint density at radius 2 is 1.52 bits per heavy atom. The SMILES string of the molecule is NC(=O)CCC(NC(=O)[C@@H]1CC[C@@H]2CCN(C(=O)NC3CCC(C#Cc4cccc5c4CN(C4CCC(=O)NC4=O)C5=O)CC3)C[C@H](NC(=O)c3cc4cc(C(F)(F)P(=O)(O)O)ccc4[nH]3)C(=O)N21)C(=O)NC(c1ccccc1)c1ccccc1. The Kier molecular flexibility index (Phi) is 17.3. The molecule has 5 aliphatic rings. The Bertz CT molecular complexity index is 3540. The van der Waals surface area contributed by atoms with Gasteiger partial charge < -0.3 is 56.5 Å². The number of rotatable bonds is 15. The van der Waals surface area contributed by atoms with Crippen molar-refractivity contribution in [2.24, 2.45) is 11.7 Å². The van der Waals surface area contributed by atoms with Crippen LogP contribution < -0.4 is 32.3 Å². The van der Waals surface area contributed by atoms with Crippen molar-refractivity contribution >= 4 is 71.8 Å². The molecule has 4 aliphatic heterocycles. The Labute approximate surface area is 486 Å². The molecule has 10 N–H and O–H groups in total. The van der Waals surface area contributed by atoms with Crippen molar-refractivity contribution in [3.05, 3.63) is 142 Å². The molecule has 10 rings (SSSR count). The number of nitrogens with one attached hydrogen (secondary N) is 6. The van der Waals surface area contributed by atoms with Crippen molar-refractivity contribution in [3.63, 3.8) is 0 Å². The number of carbonyl (C=O) groups excluding carboxylic acids is 9. The lowest BCUT2D eigenvalue weighted by Gasteiger charge is -2.39.